The van der Waals surface area contributed by atoms with Crippen LogP contribution in [-0.4, -0.2) is 10.8 Å². The third-order valence-electron chi connectivity index (χ3n) is 3.96. The molecule has 0 saturated heterocycles. The lowest BCUT2D eigenvalue weighted by Gasteiger charge is -2.23. The number of nitro groups is 1. The van der Waals surface area contributed by atoms with E-state index >= 15 is 0 Å². The van der Waals surface area contributed by atoms with Crippen LogP contribution < -0.4 is 4.90 Å². The molecule has 1 amide bonds. The number of halogens is 2. The van der Waals surface area contributed by atoms with E-state index in [2.05, 4.69) is 15.9 Å². The number of benzene rings is 3. The lowest BCUT2D eigenvalue weighted by atomic mass is 10.1. The van der Waals surface area contributed by atoms with Crippen LogP contribution in [0.1, 0.15) is 15.9 Å². The van der Waals surface area contributed by atoms with Crippen molar-refractivity contribution in [3.63, 3.8) is 0 Å². The number of amides is 1. The summed E-state index contributed by atoms with van der Waals surface area (Å²) in [4.78, 5) is 25.1. The zero-order valence-electron chi connectivity index (χ0n) is 14.0. The van der Waals surface area contributed by atoms with E-state index in [9.17, 15) is 14.9 Å². The van der Waals surface area contributed by atoms with Crippen molar-refractivity contribution >= 4 is 44.8 Å². The predicted molar refractivity (Wildman–Crippen MR) is 109 cm³/mol. The number of non-ortho nitro benzene ring substituents is 1. The first kappa shape index (κ1) is 19.1. The zero-order valence-corrected chi connectivity index (χ0v) is 16.4. The summed E-state index contributed by atoms with van der Waals surface area (Å²) in [6, 6.07) is 20.2. The van der Waals surface area contributed by atoms with Gasteiger partial charge in [-0.3, -0.25) is 14.9 Å². The van der Waals surface area contributed by atoms with Gasteiger partial charge in [-0.2, -0.15) is 0 Å². The summed E-state index contributed by atoms with van der Waals surface area (Å²) in [6.45, 7) is 0.342. The molecule has 0 fully saturated rings. The molecule has 0 N–H and O–H groups in total. The largest absolute Gasteiger partial charge is 0.304 e. The maximum Gasteiger partial charge on any atom is 0.269 e. The van der Waals surface area contributed by atoms with Crippen LogP contribution in [0.4, 0.5) is 11.4 Å². The van der Waals surface area contributed by atoms with Crippen LogP contribution in [-0.2, 0) is 6.54 Å². The second kappa shape index (κ2) is 8.33. The summed E-state index contributed by atoms with van der Waals surface area (Å²) in [6.07, 6.45) is 0. The van der Waals surface area contributed by atoms with Gasteiger partial charge in [0.15, 0.2) is 0 Å². The van der Waals surface area contributed by atoms with Crippen molar-refractivity contribution in [1.82, 2.24) is 0 Å². The fraction of sp³-hybridized carbons (Fsp3) is 0.0500. The van der Waals surface area contributed by atoms with E-state index in [1.165, 1.54) is 24.3 Å². The molecule has 0 unspecified atom stereocenters. The minimum absolute atomic E-state index is 0.0561. The van der Waals surface area contributed by atoms with Crippen molar-refractivity contribution in [3.8, 4) is 0 Å². The number of carbonyl (C=O) groups is 1. The molecule has 0 atom stereocenters. The van der Waals surface area contributed by atoms with Crippen LogP contribution >= 0.6 is 27.5 Å². The molecule has 0 bridgehead atoms. The van der Waals surface area contributed by atoms with Gasteiger partial charge in [-0.05, 0) is 54.1 Å². The van der Waals surface area contributed by atoms with Crippen LogP contribution in [0.15, 0.2) is 77.3 Å². The van der Waals surface area contributed by atoms with Gasteiger partial charge < -0.3 is 4.90 Å². The molecular formula is C20H14BrClN2O3. The average molecular weight is 446 g/mol. The lowest BCUT2D eigenvalue weighted by Crippen LogP contribution is -2.30. The van der Waals surface area contributed by atoms with Gasteiger partial charge in [0.05, 0.1) is 11.5 Å². The van der Waals surface area contributed by atoms with Crippen molar-refractivity contribution in [1.29, 1.82) is 0 Å². The van der Waals surface area contributed by atoms with Gasteiger partial charge in [-0.25, -0.2) is 0 Å². The Morgan fingerprint density at radius 3 is 2.11 bits per heavy atom. The minimum Gasteiger partial charge on any atom is -0.304 e. The Bertz CT molecular complexity index is 958. The highest BCUT2D eigenvalue weighted by molar-refractivity contribution is 9.10. The lowest BCUT2D eigenvalue weighted by molar-refractivity contribution is -0.384. The Morgan fingerprint density at radius 1 is 0.963 bits per heavy atom. The number of rotatable bonds is 5. The summed E-state index contributed by atoms with van der Waals surface area (Å²) >= 11 is 9.33. The molecule has 0 radical (unpaired) electrons. The monoisotopic (exact) mass is 444 g/mol. The van der Waals surface area contributed by atoms with Gasteiger partial charge in [0.2, 0.25) is 0 Å². The summed E-state index contributed by atoms with van der Waals surface area (Å²) in [5.74, 6) is -0.248. The van der Waals surface area contributed by atoms with Gasteiger partial charge in [0.1, 0.15) is 0 Å². The first-order valence-corrected chi connectivity index (χ1v) is 9.17. The number of nitrogens with zero attached hydrogens (tertiary/aromatic N) is 2. The summed E-state index contributed by atoms with van der Waals surface area (Å²) in [5.41, 5.74) is 1.95. The summed E-state index contributed by atoms with van der Waals surface area (Å²) in [7, 11) is 0. The Hall–Kier alpha value is -2.70. The van der Waals surface area contributed by atoms with Gasteiger partial charge in [-0.1, -0.05) is 39.7 Å². The normalized spacial score (nSPS) is 10.4. The van der Waals surface area contributed by atoms with Gasteiger partial charge in [0, 0.05) is 32.9 Å². The number of carbonyl (C=O) groups excluding carboxylic acids is 1. The Morgan fingerprint density at radius 2 is 1.56 bits per heavy atom. The highest BCUT2D eigenvalue weighted by Gasteiger charge is 2.19. The van der Waals surface area contributed by atoms with Crippen molar-refractivity contribution in [2.24, 2.45) is 0 Å². The summed E-state index contributed by atoms with van der Waals surface area (Å²) in [5, 5.41) is 11.5. The third kappa shape index (κ3) is 4.72. The van der Waals surface area contributed by atoms with Crippen LogP contribution in [0.5, 0.6) is 0 Å². The SMILES string of the molecule is O=C(c1ccc([N+](=O)[O-])cc1)N(Cc1ccc(Cl)cc1)c1ccc(Br)cc1. The highest BCUT2D eigenvalue weighted by atomic mass is 79.9. The van der Waals surface area contributed by atoms with E-state index in [0.29, 0.717) is 17.1 Å². The smallest absolute Gasteiger partial charge is 0.269 e. The number of nitro benzene ring substituents is 1. The molecule has 0 aliphatic rings. The standard InChI is InChI=1S/C20H14BrClN2O3/c21-16-5-11-18(12-6-16)23(13-14-1-7-17(22)8-2-14)20(25)15-3-9-19(10-4-15)24(26)27/h1-12H,13H2. The molecule has 3 aromatic rings. The van der Waals surface area contributed by atoms with Gasteiger partial charge in [-0.15, -0.1) is 0 Å². The molecule has 0 aliphatic carbocycles. The molecule has 0 heterocycles. The van der Waals surface area contributed by atoms with Crippen LogP contribution in [0.3, 0.4) is 0 Å². The van der Waals surface area contributed by atoms with Crippen molar-refractivity contribution in [3.05, 3.63) is 104 Å². The highest BCUT2D eigenvalue weighted by Crippen LogP contribution is 2.24. The van der Waals surface area contributed by atoms with Crippen LogP contribution in [0, 0.1) is 10.1 Å². The Labute approximate surface area is 169 Å². The molecule has 0 aliphatic heterocycles. The topological polar surface area (TPSA) is 63.4 Å². The molecule has 27 heavy (non-hydrogen) atoms. The fourth-order valence-electron chi connectivity index (χ4n) is 2.56. The molecule has 7 heteroatoms. The van der Waals surface area contributed by atoms with Crippen LogP contribution in [0.2, 0.25) is 5.02 Å². The van der Waals surface area contributed by atoms with Gasteiger partial charge in [0.25, 0.3) is 11.6 Å². The quantitative estimate of drug-likeness (QED) is 0.365. The average Bonchev–Trinajstić information content (AvgIpc) is 2.68. The maximum absolute atomic E-state index is 13.1. The Kier molecular flexibility index (Phi) is 5.88. The Balaban J connectivity index is 1.94. The first-order valence-electron chi connectivity index (χ1n) is 8.00. The molecule has 0 aromatic heterocycles. The van der Waals surface area contributed by atoms with E-state index in [-0.39, 0.29) is 11.6 Å². The fourth-order valence-corrected chi connectivity index (χ4v) is 2.95. The molecule has 136 valence electrons. The predicted octanol–water partition coefficient (Wildman–Crippen LogP) is 5.86. The zero-order chi connectivity index (χ0) is 19.4. The van der Waals surface area contributed by atoms with Crippen molar-refractivity contribution < 1.29 is 9.72 Å². The van der Waals surface area contributed by atoms with E-state index < -0.39 is 4.92 Å². The molecule has 5 nitrogen and oxygen atoms in total. The minimum atomic E-state index is -0.492. The number of hydrogen-bond donors (Lipinski definition) is 0. The van der Waals surface area contributed by atoms with E-state index in [0.717, 1.165) is 15.7 Å². The van der Waals surface area contributed by atoms with Crippen molar-refractivity contribution in [2.75, 3.05) is 4.90 Å². The maximum atomic E-state index is 13.1. The van der Waals surface area contributed by atoms with E-state index in [4.69, 9.17) is 11.6 Å². The molecule has 0 spiro atoms. The molecule has 3 aromatic carbocycles. The second-order valence-corrected chi connectivity index (χ2v) is 7.15. The second-order valence-electron chi connectivity index (χ2n) is 5.80. The molecule has 0 saturated carbocycles. The molecule has 3 rings (SSSR count). The summed E-state index contributed by atoms with van der Waals surface area (Å²) < 4.78 is 0.903. The van der Waals surface area contributed by atoms with Gasteiger partial charge >= 0.3 is 0 Å². The first-order chi connectivity index (χ1) is 12.9. The van der Waals surface area contributed by atoms with E-state index in [1.54, 1.807) is 17.0 Å². The number of hydrogen-bond acceptors (Lipinski definition) is 3. The van der Waals surface area contributed by atoms with Crippen molar-refractivity contribution in [2.45, 2.75) is 6.54 Å². The van der Waals surface area contributed by atoms with E-state index in [1.807, 2.05) is 36.4 Å². The molecular weight excluding hydrogens is 432 g/mol. The number of anilines is 1. The van der Waals surface area contributed by atoms with Crippen LogP contribution in [0.25, 0.3) is 0 Å². The third-order valence-corrected chi connectivity index (χ3v) is 4.74.